The summed E-state index contributed by atoms with van der Waals surface area (Å²) in [6.45, 7) is 4.72. The Hall–Kier alpha value is -1.40. The molecule has 0 aromatic carbocycles. The van der Waals surface area contributed by atoms with Gasteiger partial charge in [0.2, 0.25) is 5.91 Å². The zero-order chi connectivity index (χ0) is 16.1. The molecule has 2 aliphatic heterocycles. The van der Waals surface area contributed by atoms with E-state index < -0.39 is 0 Å². The second-order valence-electron chi connectivity index (χ2n) is 6.59. The molecule has 1 aromatic rings. The number of hydrogen-bond donors (Lipinski definition) is 1. The molecular formula is C17H28N4O2. The molecule has 0 atom stereocenters. The lowest BCUT2D eigenvalue weighted by Gasteiger charge is -2.19. The van der Waals surface area contributed by atoms with Crippen LogP contribution in [0.2, 0.25) is 0 Å². The highest BCUT2D eigenvalue weighted by molar-refractivity contribution is 5.78. The lowest BCUT2D eigenvalue weighted by Crippen LogP contribution is -2.38. The highest BCUT2D eigenvalue weighted by Crippen LogP contribution is 2.20. The molecule has 0 saturated carbocycles. The Morgan fingerprint density at radius 2 is 2.04 bits per heavy atom. The number of carbonyl (C=O) groups is 1. The second-order valence-corrected chi connectivity index (χ2v) is 6.59. The van der Waals surface area contributed by atoms with Gasteiger partial charge in [-0.25, -0.2) is 0 Å². The number of aryl methyl sites for hydroxylation is 1. The van der Waals surface area contributed by atoms with Crippen molar-refractivity contribution in [3.05, 3.63) is 17.0 Å². The Balaban J connectivity index is 1.45. The molecule has 2 aliphatic rings. The summed E-state index contributed by atoms with van der Waals surface area (Å²) in [5.41, 5.74) is 3.57. The van der Waals surface area contributed by atoms with E-state index in [0.29, 0.717) is 19.7 Å². The molecule has 1 N–H and O–H groups in total. The van der Waals surface area contributed by atoms with Gasteiger partial charge in [-0.1, -0.05) is 12.8 Å². The molecule has 3 rings (SSSR count). The predicted molar refractivity (Wildman–Crippen MR) is 88.2 cm³/mol. The average Bonchev–Trinajstić information content (AvgIpc) is 2.73. The SMILES string of the molecule is Cn1nc(CCNC(=O)CN2CCCCCC2)c2c1CCOC2. The van der Waals surface area contributed by atoms with Crippen molar-refractivity contribution in [3.63, 3.8) is 0 Å². The van der Waals surface area contributed by atoms with E-state index in [1.807, 2.05) is 11.7 Å². The molecule has 1 saturated heterocycles. The maximum Gasteiger partial charge on any atom is 0.234 e. The van der Waals surface area contributed by atoms with Crippen LogP contribution in [0.3, 0.4) is 0 Å². The summed E-state index contributed by atoms with van der Waals surface area (Å²) in [5, 5.41) is 7.64. The minimum Gasteiger partial charge on any atom is -0.376 e. The Labute approximate surface area is 138 Å². The minimum absolute atomic E-state index is 0.132. The molecule has 0 radical (unpaired) electrons. The van der Waals surface area contributed by atoms with E-state index in [2.05, 4.69) is 15.3 Å². The third kappa shape index (κ3) is 4.32. The summed E-state index contributed by atoms with van der Waals surface area (Å²) >= 11 is 0. The highest BCUT2D eigenvalue weighted by Gasteiger charge is 2.19. The molecule has 6 heteroatoms. The molecule has 0 aliphatic carbocycles. The first-order valence-corrected chi connectivity index (χ1v) is 8.84. The number of fused-ring (bicyclic) bond motifs is 1. The van der Waals surface area contributed by atoms with Gasteiger partial charge in [-0.15, -0.1) is 0 Å². The largest absolute Gasteiger partial charge is 0.376 e. The van der Waals surface area contributed by atoms with Crippen LogP contribution >= 0.6 is 0 Å². The number of ether oxygens (including phenoxy) is 1. The second kappa shape index (κ2) is 7.93. The molecule has 1 amide bonds. The molecule has 1 fully saturated rings. The fraction of sp³-hybridized carbons (Fsp3) is 0.765. The number of aromatic nitrogens is 2. The Kier molecular flexibility index (Phi) is 5.67. The van der Waals surface area contributed by atoms with Crippen molar-refractivity contribution in [2.24, 2.45) is 7.05 Å². The molecule has 128 valence electrons. The third-order valence-corrected chi connectivity index (χ3v) is 4.84. The van der Waals surface area contributed by atoms with Gasteiger partial charge in [-0.3, -0.25) is 14.4 Å². The Morgan fingerprint density at radius 1 is 1.26 bits per heavy atom. The Morgan fingerprint density at radius 3 is 2.83 bits per heavy atom. The summed E-state index contributed by atoms with van der Waals surface area (Å²) in [5.74, 6) is 0.132. The van der Waals surface area contributed by atoms with Crippen molar-refractivity contribution in [2.45, 2.75) is 45.1 Å². The van der Waals surface area contributed by atoms with Crippen LogP contribution in [0, 0.1) is 0 Å². The molecule has 23 heavy (non-hydrogen) atoms. The smallest absolute Gasteiger partial charge is 0.234 e. The van der Waals surface area contributed by atoms with Gasteiger partial charge in [-0.05, 0) is 25.9 Å². The number of hydrogen-bond acceptors (Lipinski definition) is 4. The predicted octanol–water partition coefficient (Wildman–Crippen LogP) is 1.03. The van der Waals surface area contributed by atoms with Crippen molar-refractivity contribution in [1.29, 1.82) is 0 Å². The fourth-order valence-electron chi connectivity index (χ4n) is 3.56. The van der Waals surface area contributed by atoms with Crippen LogP contribution in [0.1, 0.15) is 42.6 Å². The fourth-order valence-corrected chi connectivity index (χ4v) is 3.56. The molecule has 0 bridgehead atoms. The van der Waals surface area contributed by atoms with Crippen LogP contribution in [0.25, 0.3) is 0 Å². The van der Waals surface area contributed by atoms with Crippen LogP contribution in [-0.2, 0) is 36.0 Å². The first-order chi connectivity index (χ1) is 11.2. The molecular weight excluding hydrogens is 292 g/mol. The summed E-state index contributed by atoms with van der Waals surface area (Å²) in [4.78, 5) is 14.4. The maximum atomic E-state index is 12.1. The molecule has 3 heterocycles. The standard InChI is InChI=1S/C17H28N4O2/c1-20-16-7-11-23-13-14(16)15(19-20)6-8-18-17(22)12-21-9-4-2-3-5-10-21/h2-13H2,1H3,(H,18,22). The molecule has 0 unspecified atom stereocenters. The normalized spacial score (nSPS) is 19.2. The lowest BCUT2D eigenvalue weighted by molar-refractivity contribution is -0.122. The van der Waals surface area contributed by atoms with E-state index >= 15 is 0 Å². The van der Waals surface area contributed by atoms with Crippen molar-refractivity contribution in [1.82, 2.24) is 20.0 Å². The van der Waals surface area contributed by atoms with Crippen LogP contribution in [0.15, 0.2) is 0 Å². The van der Waals surface area contributed by atoms with E-state index in [-0.39, 0.29) is 5.91 Å². The topological polar surface area (TPSA) is 59.4 Å². The van der Waals surface area contributed by atoms with Crippen LogP contribution < -0.4 is 5.32 Å². The third-order valence-electron chi connectivity index (χ3n) is 4.84. The molecule has 0 spiro atoms. The number of rotatable bonds is 5. The van der Waals surface area contributed by atoms with E-state index in [1.165, 1.54) is 36.9 Å². The zero-order valence-electron chi connectivity index (χ0n) is 14.1. The molecule has 6 nitrogen and oxygen atoms in total. The van der Waals surface area contributed by atoms with Crippen molar-refractivity contribution in [2.75, 3.05) is 32.8 Å². The highest BCUT2D eigenvalue weighted by atomic mass is 16.5. The van der Waals surface area contributed by atoms with Crippen molar-refractivity contribution >= 4 is 5.91 Å². The van der Waals surface area contributed by atoms with Crippen molar-refractivity contribution < 1.29 is 9.53 Å². The van der Waals surface area contributed by atoms with E-state index in [0.717, 1.165) is 38.2 Å². The van der Waals surface area contributed by atoms with E-state index in [9.17, 15) is 4.79 Å². The van der Waals surface area contributed by atoms with Gasteiger partial charge in [0, 0.05) is 37.7 Å². The van der Waals surface area contributed by atoms with E-state index in [4.69, 9.17) is 4.74 Å². The van der Waals surface area contributed by atoms with E-state index in [1.54, 1.807) is 0 Å². The first-order valence-electron chi connectivity index (χ1n) is 8.84. The quantitative estimate of drug-likeness (QED) is 0.880. The summed E-state index contributed by atoms with van der Waals surface area (Å²) in [6.07, 6.45) is 6.73. The zero-order valence-corrected chi connectivity index (χ0v) is 14.1. The van der Waals surface area contributed by atoms with Gasteiger partial charge in [0.25, 0.3) is 0 Å². The van der Waals surface area contributed by atoms with Crippen LogP contribution in [0.4, 0.5) is 0 Å². The van der Waals surface area contributed by atoms with Gasteiger partial charge in [-0.2, -0.15) is 5.10 Å². The Bertz CT molecular complexity index is 533. The average molecular weight is 320 g/mol. The summed E-state index contributed by atoms with van der Waals surface area (Å²) in [6, 6.07) is 0. The van der Waals surface area contributed by atoms with Gasteiger partial charge >= 0.3 is 0 Å². The van der Waals surface area contributed by atoms with Crippen LogP contribution in [-0.4, -0.2) is 53.4 Å². The van der Waals surface area contributed by atoms with Crippen molar-refractivity contribution in [3.8, 4) is 0 Å². The number of amides is 1. The minimum atomic E-state index is 0.132. The number of likely N-dealkylation sites (tertiary alicyclic amines) is 1. The van der Waals surface area contributed by atoms with Gasteiger partial charge in [0.05, 0.1) is 25.5 Å². The number of carbonyl (C=O) groups excluding carboxylic acids is 1. The number of nitrogens with one attached hydrogen (secondary N) is 1. The maximum absolute atomic E-state index is 12.1. The van der Waals surface area contributed by atoms with Gasteiger partial charge in [0.15, 0.2) is 0 Å². The van der Waals surface area contributed by atoms with Crippen LogP contribution in [0.5, 0.6) is 0 Å². The monoisotopic (exact) mass is 320 g/mol. The van der Waals surface area contributed by atoms with Gasteiger partial charge in [0.1, 0.15) is 0 Å². The summed E-state index contributed by atoms with van der Waals surface area (Å²) in [7, 11) is 1.99. The number of nitrogens with zero attached hydrogens (tertiary/aromatic N) is 3. The first kappa shape index (κ1) is 16.5. The lowest BCUT2D eigenvalue weighted by atomic mass is 10.1. The van der Waals surface area contributed by atoms with Gasteiger partial charge < -0.3 is 10.1 Å². The summed E-state index contributed by atoms with van der Waals surface area (Å²) < 4.78 is 7.51. The molecule has 1 aromatic heterocycles.